The van der Waals surface area contributed by atoms with Gasteiger partial charge in [0.05, 0.1) is 17.4 Å². The van der Waals surface area contributed by atoms with Crippen LogP contribution in [0.1, 0.15) is 0 Å². The molecule has 0 amide bonds. The molecule has 0 saturated heterocycles. The highest BCUT2D eigenvalue weighted by Gasteiger charge is 2.09. The van der Waals surface area contributed by atoms with Crippen LogP contribution in [0.5, 0.6) is 0 Å². The Bertz CT molecular complexity index is 873. The molecular weight excluding hydrogens is 280 g/mol. The fourth-order valence-corrected chi connectivity index (χ4v) is 2.24. The van der Waals surface area contributed by atoms with Crippen LogP contribution in [-0.2, 0) is 10.0 Å². The van der Waals surface area contributed by atoms with E-state index < -0.39 is 10.0 Å². The van der Waals surface area contributed by atoms with E-state index in [1.807, 2.05) is 0 Å². The maximum absolute atomic E-state index is 11.3. The van der Waals surface area contributed by atoms with Gasteiger partial charge in [-0.1, -0.05) is 6.07 Å². The summed E-state index contributed by atoms with van der Waals surface area (Å²) in [5.74, 6) is 0.316. The normalized spacial score (nSPS) is 11.7. The number of fused-ring (bicyclic) bond motifs is 1. The Hall–Kier alpha value is -2.52. The van der Waals surface area contributed by atoms with E-state index in [-0.39, 0.29) is 4.90 Å². The lowest BCUT2D eigenvalue weighted by Gasteiger charge is -2.05. The summed E-state index contributed by atoms with van der Waals surface area (Å²) in [4.78, 5) is 15.2. The number of aromatic nitrogens is 4. The van der Waals surface area contributed by atoms with Crippen LogP contribution in [0.15, 0.2) is 41.7 Å². The first-order valence-electron chi connectivity index (χ1n) is 5.58. The topological polar surface area (TPSA) is 127 Å². The number of nitrogens with two attached hydrogens (primary N) is 1. The molecule has 3 rings (SSSR count). The van der Waals surface area contributed by atoms with E-state index in [0.29, 0.717) is 22.8 Å². The quantitative estimate of drug-likeness (QED) is 0.653. The second-order valence-electron chi connectivity index (χ2n) is 4.03. The Morgan fingerprint density at radius 3 is 2.90 bits per heavy atom. The lowest BCUT2D eigenvalue weighted by Crippen LogP contribution is -2.12. The Labute approximate surface area is 114 Å². The molecule has 2 heterocycles. The van der Waals surface area contributed by atoms with Crippen LogP contribution < -0.4 is 10.5 Å². The SMILES string of the molecule is NS(=O)(=O)c1cccc(Nc2ncc3[nH]cnc3n2)c1. The molecule has 0 unspecified atom stereocenters. The Balaban J connectivity index is 1.94. The van der Waals surface area contributed by atoms with Crippen molar-refractivity contribution in [3.05, 3.63) is 36.8 Å². The van der Waals surface area contributed by atoms with E-state index in [9.17, 15) is 8.42 Å². The molecule has 2 aromatic heterocycles. The molecule has 0 radical (unpaired) electrons. The summed E-state index contributed by atoms with van der Waals surface area (Å²) in [6, 6.07) is 6.09. The zero-order valence-electron chi connectivity index (χ0n) is 10.1. The van der Waals surface area contributed by atoms with Gasteiger partial charge >= 0.3 is 0 Å². The summed E-state index contributed by atoms with van der Waals surface area (Å²) >= 11 is 0. The standard InChI is InChI=1S/C11H10N6O2S/c12-20(18,19)8-3-1-2-7(4-8)16-11-13-5-9-10(17-11)15-6-14-9/h1-6H,(H2,12,18,19)(H2,13,14,15,16,17). The smallest absolute Gasteiger partial charge is 0.238 e. The summed E-state index contributed by atoms with van der Waals surface area (Å²) in [7, 11) is -3.74. The van der Waals surface area contributed by atoms with Crippen LogP contribution in [0.3, 0.4) is 0 Å². The van der Waals surface area contributed by atoms with Crippen molar-refractivity contribution >= 4 is 32.8 Å². The zero-order chi connectivity index (χ0) is 14.2. The average Bonchev–Trinajstić information content (AvgIpc) is 2.85. The number of imidazole rings is 1. The number of hydrogen-bond donors (Lipinski definition) is 3. The Morgan fingerprint density at radius 2 is 2.10 bits per heavy atom. The first-order chi connectivity index (χ1) is 9.52. The number of anilines is 2. The molecule has 0 fully saturated rings. The highest BCUT2D eigenvalue weighted by Crippen LogP contribution is 2.18. The predicted molar refractivity (Wildman–Crippen MR) is 72.8 cm³/mol. The van der Waals surface area contributed by atoms with Gasteiger partial charge < -0.3 is 10.3 Å². The number of nitrogens with one attached hydrogen (secondary N) is 2. The molecule has 4 N–H and O–H groups in total. The van der Waals surface area contributed by atoms with Crippen molar-refractivity contribution in [2.75, 3.05) is 5.32 Å². The second-order valence-corrected chi connectivity index (χ2v) is 5.59. The maximum atomic E-state index is 11.3. The van der Waals surface area contributed by atoms with Gasteiger partial charge in [0, 0.05) is 5.69 Å². The number of rotatable bonds is 3. The first kappa shape index (κ1) is 12.5. The monoisotopic (exact) mass is 290 g/mol. The molecule has 8 nitrogen and oxygen atoms in total. The molecule has 0 spiro atoms. The van der Waals surface area contributed by atoms with E-state index in [1.54, 1.807) is 18.3 Å². The molecule has 0 aliphatic heterocycles. The molecular formula is C11H10N6O2S. The third-order valence-electron chi connectivity index (χ3n) is 2.59. The Kier molecular flexibility index (Phi) is 2.84. The highest BCUT2D eigenvalue weighted by molar-refractivity contribution is 7.89. The number of primary sulfonamides is 1. The first-order valence-corrected chi connectivity index (χ1v) is 7.13. The number of aromatic amines is 1. The minimum atomic E-state index is -3.74. The molecule has 0 saturated carbocycles. The van der Waals surface area contributed by atoms with Gasteiger partial charge in [-0.15, -0.1) is 0 Å². The van der Waals surface area contributed by atoms with Crippen LogP contribution in [0.4, 0.5) is 11.6 Å². The van der Waals surface area contributed by atoms with Crippen LogP contribution in [0, 0.1) is 0 Å². The molecule has 0 aliphatic rings. The van der Waals surface area contributed by atoms with Crippen molar-refractivity contribution in [3.63, 3.8) is 0 Å². The zero-order valence-corrected chi connectivity index (χ0v) is 10.9. The van der Waals surface area contributed by atoms with Gasteiger partial charge in [-0.25, -0.2) is 23.5 Å². The third-order valence-corrected chi connectivity index (χ3v) is 3.51. The predicted octanol–water partition coefficient (Wildman–Crippen LogP) is 0.744. The lowest BCUT2D eigenvalue weighted by atomic mass is 10.3. The summed E-state index contributed by atoms with van der Waals surface area (Å²) in [6.07, 6.45) is 3.10. The van der Waals surface area contributed by atoms with Crippen molar-refractivity contribution in [2.24, 2.45) is 5.14 Å². The van der Waals surface area contributed by atoms with E-state index in [2.05, 4.69) is 25.3 Å². The van der Waals surface area contributed by atoms with Gasteiger partial charge in [0.25, 0.3) is 0 Å². The van der Waals surface area contributed by atoms with Gasteiger partial charge in [0.1, 0.15) is 5.52 Å². The molecule has 1 aromatic carbocycles. The van der Waals surface area contributed by atoms with E-state index in [1.165, 1.54) is 18.5 Å². The minimum absolute atomic E-state index is 0.0170. The van der Waals surface area contributed by atoms with Crippen LogP contribution in [0.25, 0.3) is 11.2 Å². The fraction of sp³-hybridized carbons (Fsp3) is 0. The van der Waals surface area contributed by atoms with E-state index >= 15 is 0 Å². The van der Waals surface area contributed by atoms with Crippen LogP contribution in [-0.4, -0.2) is 28.4 Å². The van der Waals surface area contributed by atoms with Gasteiger partial charge in [-0.3, -0.25) is 0 Å². The maximum Gasteiger partial charge on any atom is 0.238 e. The molecule has 3 aromatic rings. The van der Waals surface area contributed by atoms with Crippen molar-refractivity contribution in [2.45, 2.75) is 4.90 Å². The van der Waals surface area contributed by atoms with Gasteiger partial charge in [-0.05, 0) is 18.2 Å². The molecule has 0 bridgehead atoms. The summed E-state index contributed by atoms with van der Waals surface area (Å²) < 4.78 is 22.6. The molecule has 102 valence electrons. The van der Waals surface area contributed by atoms with Crippen molar-refractivity contribution in [3.8, 4) is 0 Å². The minimum Gasteiger partial charge on any atom is -0.342 e. The number of H-pyrrole nitrogens is 1. The Morgan fingerprint density at radius 1 is 1.25 bits per heavy atom. The van der Waals surface area contributed by atoms with Crippen LogP contribution in [0.2, 0.25) is 0 Å². The van der Waals surface area contributed by atoms with Crippen molar-refractivity contribution in [1.29, 1.82) is 0 Å². The number of hydrogen-bond acceptors (Lipinski definition) is 6. The summed E-state index contributed by atoms with van der Waals surface area (Å²) in [5.41, 5.74) is 1.75. The summed E-state index contributed by atoms with van der Waals surface area (Å²) in [6.45, 7) is 0. The fourth-order valence-electron chi connectivity index (χ4n) is 1.68. The lowest BCUT2D eigenvalue weighted by molar-refractivity contribution is 0.598. The van der Waals surface area contributed by atoms with Gasteiger partial charge in [-0.2, -0.15) is 4.98 Å². The number of nitrogens with zero attached hydrogens (tertiary/aromatic N) is 3. The average molecular weight is 290 g/mol. The van der Waals surface area contributed by atoms with Crippen molar-refractivity contribution < 1.29 is 8.42 Å². The number of sulfonamides is 1. The summed E-state index contributed by atoms with van der Waals surface area (Å²) in [5, 5.41) is 7.98. The van der Waals surface area contributed by atoms with Gasteiger partial charge in [0.15, 0.2) is 5.65 Å². The van der Waals surface area contributed by atoms with Crippen molar-refractivity contribution in [1.82, 2.24) is 19.9 Å². The largest absolute Gasteiger partial charge is 0.342 e. The molecule has 0 atom stereocenters. The highest BCUT2D eigenvalue weighted by atomic mass is 32.2. The number of benzene rings is 1. The van der Waals surface area contributed by atoms with Gasteiger partial charge in [0.2, 0.25) is 16.0 Å². The van der Waals surface area contributed by atoms with Crippen LogP contribution >= 0.6 is 0 Å². The van der Waals surface area contributed by atoms with E-state index in [4.69, 9.17) is 5.14 Å². The molecule has 0 aliphatic carbocycles. The molecule has 20 heavy (non-hydrogen) atoms. The second kappa shape index (κ2) is 4.54. The van der Waals surface area contributed by atoms with E-state index in [0.717, 1.165) is 0 Å². The third kappa shape index (κ3) is 2.44. The molecule has 9 heteroatoms.